The molecule has 0 aliphatic rings. The summed E-state index contributed by atoms with van der Waals surface area (Å²) in [6.07, 6.45) is 2.86. The molecule has 0 aliphatic heterocycles. The van der Waals surface area contributed by atoms with Crippen LogP contribution in [-0.4, -0.2) is 27.4 Å². The average molecular weight is 355 g/mol. The molecule has 3 rings (SSSR count). The highest BCUT2D eigenvalue weighted by Gasteiger charge is 2.28. The number of aromatic nitrogens is 1. The number of nitrogens with one attached hydrogen (secondary N) is 1. The van der Waals surface area contributed by atoms with Gasteiger partial charge in [-0.3, -0.25) is 4.79 Å². The SMILES string of the molecule is CC(C)(Sc1ccc(OCCc2c[nH]c3ccccc23)cc1)C(=O)O. The third kappa shape index (κ3) is 4.17. The van der Waals surface area contributed by atoms with E-state index in [1.165, 1.54) is 22.7 Å². The van der Waals surface area contributed by atoms with Gasteiger partial charge in [-0.05, 0) is 49.7 Å². The van der Waals surface area contributed by atoms with Crippen molar-refractivity contribution in [1.29, 1.82) is 0 Å². The Labute approximate surface area is 151 Å². The second kappa shape index (κ2) is 7.23. The molecule has 2 aromatic carbocycles. The lowest BCUT2D eigenvalue weighted by Gasteiger charge is -2.18. The van der Waals surface area contributed by atoms with E-state index in [1.54, 1.807) is 13.8 Å². The van der Waals surface area contributed by atoms with Crippen LogP contribution in [0.5, 0.6) is 5.75 Å². The van der Waals surface area contributed by atoms with Gasteiger partial charge in [0.2, 0.25) is 0 Å². The number of ether oxygens (including phenoxy) is 1. The molecule has 0 saturated carbocycles. The molecule has 1 aromatic heterocycles. The molecule has 0 amide bonds. The molecule has 0 spiro atoms. The third-order valence-electron chi connectivity index (χ3n) is 4.03. The Morgan fingerprint density at radius 2 is 1.88 bits per heavy atom. The highest BCUT2D eigenvalue weighted by atomic mass is 32.2. The number of carboxylic acid groups (broad SMARTS) is 1. The van der Waals surface area contributed by atoms with Crippen molar-refractivity contribution in [3.05, 3.63) is 60.3 Å². The maximum Gasteiger partial charge on any atom is 0.319 e. The number of thioether (sulfide) groups is 1. The maximum absolute atomic E-state index is 11.2. The molecule has 3 aromatic rings. The summed E-state index contributed by atoms with van der Waals surface area (Å²) in [5.74, 6) is -0.0334. The van der Waals surface area contributed by atoms with E-state index in [1.807, 2.05) is 42.6 Å². The Bertz CT molecular complexity index is 868. The van der Waals surface area contributed by atoms with Gasteiger partial charge >= 0.3 is 5.97 Å². The van der Waals surface area contributed by atoms with E-state index in [4.69, 9.17) is 4.74 Å². The largest absolute Gasteiger partial charge is 0.493 e. The van der Waals surface area contributed by atoms with Crippen LogP contribution < -0.4 is 4.74 Å². The van der Waals surface area contributed by atoms with E-state index in [-0.39, 0.29) is 0 Å². The second-order valence-corrected chi connectivity index (χ2v) is 8.04. The number of aromatic amines is 1. The predicted octanol–water partition coefficient (Wildman–Crippen LogP) is 4.74. The topological polar surface area (TPSA) is 62.3 Å². The average Bonchev–Trinajstić information content (AvgIpc) is 2.99. The van der Waals surface area contributed by atoms with Crippen LogP contribution in [0.15, 0.2) is 59.6 Å². The summed E-state index contributed by atoms with van der Waals surface area (Å²) in [6, 6.07) is 15.8. The molecule has 0 atom stereocenters. The molecule has 2 N–H and O–H groups in total. The fourth-order valence-electron chi connectivity index (χ4n) is 2.56. The van der Waals surface area contributed by atoms with Crippen molar-refractivity contribution in [1.82, 2.24) is 4.98 Å². The van der Waals surface area contributed by atoms with Gasteiger partial charge in [-0.2, -0.15) is 0 Å². The Hall–Kier alpha value is -2.40. The van der Waals surface area contributed by atoms with Crippen molar-refractivity contribution in [3.63, 3.8) is 0 Å². The molecule has 5 heteroatoms. The van der Waals surface area contributed by atoms with E-state index < -0.39 is 10.7 Å². The van der Waals surface area contributed by atoms with E-state index in [2.05, 4.69) is 17.1 Å². The number of para-hydroxylation sites is 1. The van der Waals surface area contributed by atoms with Gasteiger partial charge in [0.05, 0.1) is 6.61 Å². The summed E-state index contributed by atoms with van der Waals surface area (Å²) in [6.45, 7) is 3.99. The van der Waals surface area contributed by atoms with Crippen LogP contribution in [0.1, 0.15) is 19.4 Å². The fourth-order valence-corrected chi connectivity index (χ4v) is 3.51. The van der Waals surface area contributed by atoms with E-state index in [0.29, 0.717) is 6.61 Å². The molecular weight excluding hydrogens is 334 g/mol. The molecule has 0 saturated heterocycles. The Morgan fingerprint density at radius 1 is 1.16 bits per heavy atom. The maximum atomic E-state index is 11.2. The van der Waals surface area contributed by atoms with Crippen LogP contribution >= 0.6 is 11.8 Å². The summed E-state index contributed by atoms with van der Waals surface area (Å²) in [5.41, 5.74) is 2.38. The number of aliphatic carboxylic acids is 1. The first kappa shape index (κ1) is 17.4. The zero-order chi connectivity index (χ0) is 17.9. The Morgan fingerprint density at radius 3 is 2.60 bits per heavy atom. The van der Waals surface area contributed by atoms with Crippen molar-refractivity contribution in [3.8, 4) is 5.75 Å². The number of carbonyl (C=O) groups is 1. The highest BCUT2D eigenvalue weighted by molar-refractivity contribution is 8.01. The van der Waals surface area contributed by atoms with Crippen LogP contribution in [0.3, 0.4) is 0 Å². The van der Waals surface area contributed by atoms with E-state index in [9.17, 15) is 9.90 Å². The van der Waals surface area contributed by atoms with Crippen molar-refractivity contribution >= 4 is 28.6 Å². The third-order valence-corrected chi connectivity index (χ3v) is 5.22. The van der Waals surface area contributed by atoms with Crippen molar-refractivity contribution < 1.29 is 14.6 Å². The zero-order valence-corrected chi connectivity index (χ0v) is 15.1. The minimum absolute atomic E-state index is 0.592. The van der Waals surface area contributed by atoms with Crippen LogP contribution in [0.25, 0.3) is 10.9 Å². The van der Waals surface area contributed by atoms with Crippen LogP contribution in [-0.2, 0) is 11.2 Å². The Balaban J connectivity index is 1.56. The zero-order valence-electron chi connectivity index (χ0n) is 14.3. The van der Waals surface area contributed by atoms with E-state index in [0.717, 1.165) is 22.6 Å². The molecule has 130 valence electrons. The van der Waals surface area contributed by atoms with Gasteiger partial charge in [0.15, 0.2) is 0 Å². The number of H-pyrrole nitrogens is 1. The first-order chi connectivity index (χ1) is 12.0. The lowest BCUT2D eigenvalue weighted by molar-refractivity contribution is -0.138. The van der Waals surface area contributed by atoms with Crippen LogP contribution in [0.4, 0.5) is 0 Å². The van der Waals surface area contributed by atoms with Gasteiger partial charge in [-0.1, -0.05) is 18.2 Å². The fraction of sp³-hybridized carbons (Fsp3) is 0.250. The molecular formula is C20H21NO3S. The molecule has 4 nitrogen and oxygen atoms in total. The number of hydrogen-bond acceptors (Lipinski definition) is 3. The molecule has 0 unspecified atom stereocenters. The van der Waals surface area contributed by atoms with Gasteiger partial charge in [0.25, 0.3) is 0 Å². The highest BCUT2D eigenvalue weighted by Crippen LogP contribution is 2.33. The molecule has 25 heavy (non-hydrogen) atoms. The number of carboxylic acids is 1. The summed E-state index contributed by atoms with van der Waals surface area (Å²) in [5, 5.41) is 10.4. The van der Waals surface area contributed by atoms with Gasteiger partial charge < -0.3 is 14.8 Å². The molecule has 0 fully saturated rings. The summed E-state index contributed by atoms with van der Waals surface area (Å²) in [4.78, 5) is 15.4. The van der Waals surface area contributed by atoms with Crippen molar-refractivity contribution in [2.45, 2.75) is 29.9 Å². The lowest BCUT2D eigenvalue weighted by Crippen LogP contribution is -2.26. The van der Waals surface area contributed by atoms with Gasteiger partial charge in [0, 0.05) is 28.4 Å². The minimum Gasteiger partial charge on any atom is -0.493 e. The standard InChI is InChI=1S/C20H21NO3S/c1-20(2,19(22)23)25-16-9-7-15(8-10-16)24-12-11-14-13-21-18-6-4-3-5-17(14)18/h3-10,13,21H,11-12H2,1-2H3,(H,22,23). The molecule has 0 radical (unpaired) electrons. The van der Waals surface area contributed by atoms with Crippen LogP contribution in [0.2, 0.25) is 0 Å². The summed E-state index contributed by atoms with van der Waals surface area (Å²) < 4.78 is 4.97. The monoisotopic (exact) mass is 355 g/mol. The summed E-state index contributed by atoms with van der Waals surface area (Å²) >= 11 is 1.33. The van der Waals surface area contributed by atoms with Crippen molar-refractivity contribution in [2.75, 3.05) is 6.61 Å². The van der Waals surface area contributed by atoms with Crippen LogP contribution in [0, 0.1) is 0 Å². The quantitative estimate of drug-likeness (QED) is 0.601. The molecule has 0 aliphatic carbocycles. The number of rotatable bonds is 7. The Kier molecular flexibility index (Phi) is 5.04. The molecule has 0 bridgehead atoms. The first-order valence-corrected chi connectivity index (χ1v) is 8.97. The molecule has 1 heterocycles. The predicted molar refractivity (Wildman–Crippen MR) is 102 cm³/mol. The number of fused-ring (bicyclic) bond motifs is 1. The summed E-state index contributed by atoms with van der Waals surface area (Å²) in [7, 11) is 0. The van der Waals surface area contributed by atoms with Crippen molar-refractivity contribution in [2.24, 2.45) is 0 Å². The van der Waals surface area contributed by atoms with Gasteiger partial charge in [-0.15, -0.1) is 11.8 Å². The van der Waals surface area contributed by atoms with Gasteiger partial charge in [-0.25, -0.2) is 0 Å². The number of hydrogen-bond donors (Lipinski definition) is 2. The second-order valence-electron chi connectivity index (χ2n) is 6.35. The normalized spacial score (nSPS) is 11.6. The smallest absolute Gasteiger partial charge is 0.319 e. The minimum atomic E-state index is -0.849. The lowest BCUT2D eigenvalue weighted by atomic mass is 10.1. The van der Waals surface area contributed by atoms with Gasteiger partial charge in [0.1, 0.15) is 10.5 Å². The van der Waals surface area contributed by atoms with E-state index >= 15 is 0 Å². The first-order valence-electron chi connectivity index (χ1n) is 8.16. The number of benzene rings is 2.